The normalized spacial score (nSPS) is 28.2. The van der Waals surface area contributed by atoms with Gasteiger partial charge in [-0.15, -0.1) is 0 Å². The van der Waals surface area contributed by atoms with E-state index in [2.05, 4.69) is 23.2 Å². The van der Waals surface area contributed by atoms with Gasteiger partial charge >= 0.3 is 0 Å². The van der Waals surface area contributed by atoms with Gasteiger partial charge in [-0.1, -0.05) is 31.0 Å². The van der Waals surface area contributed by atoms with Gasteiger partial charge in [0.15, 0.2) is 5.78 Å². The first-order valence-corrected chi connectivity index (χ1v) is 7.78. The van der Waals surface area contributed by atoms with Crippen LogP contribution in [0.4, 0.5) is 5.69 Å². The monoisotopic (exact) mass is 269 g/mol. The molecule has 2 aliphatic rings. The zero-order valence-corrected chi connectivity index (χ0v) is 12.2. The lowest BCUT2D eigenvalue weighted by Gasteiger charge is -2.35. The highest BCUT2D eigenvalue weighted by Gasteiger charge is 2.36. The Labute approximate surface area is 121 Å². The first-order valence-electron chi connectivity index (χ1n) is 7.78. The summed E-state index contributed by atoms with van der Waals surface area (Å²) in [6, 6.07) is 10.2. The number of benzene rings is 1. The summed E-state index contributed by atoms with van der Waals surface area (Å²) in [4.78, 5) is 14.7. The Kier molecular flexibility index (Phi) is 3.90. The van der Waals surface area contributed by atoms with Crippen molar-refractivity contribution in [2.24, 2.45) is 11.8 Å². The molecule has 20 heavy (non-hydrogen) atoms. The Morgan fingerprint density at radius 2 is 1.85 bits per heavy atom. The molecule has 3 rings (SSSR count). The number of carbonyl (C=O) groups is 1. The maximum atomic E-state index is 12.6. The fourth-order valence-electron chi connectivity index (χ4n) is 3.70. The average molecular weight is 269 g/mol. The Bertz CT molecular complexity index is 505. The summed E-state index contributed by atoms with van der Waals surface area (Å²) in [5.41, 5.74) is 2.16. The number of allylic oxidation sites excluding steroid dienone is 1. The third kappa shape index (κ3) is 2.65. The number of ketones is 1. The van der Waals surface area contributed by atoms with Crippen molar-refractivity contribution in [1.29, 1.82) is 0 Å². The molecule has 0 amide bonds. The van der Waals surface area contributed by atoms with E-state index < -0.39 is 0 Å². The van der Waals surface area contributed by atoms with Crippen LogP contribution in [-0.4, -0.2) is 12.8 Å². The Morgan fingerprint density at radius 1 is 1.10 bits per heavy atom. The van der Waals surface area contributed by atoms with Gasteiger partial charge < -0.3 is 4.90 Å². The summed E-state index contributed by atoms with van der Waals surface area (Å²) in [5.74, 6) is 1.40. The quantitative estimate of drug-likeness (QED) is 0.751. The number of para-hydroxylation sites is 1. The smallest absolute Gasteiger partial charge is 0.163 e. The Morgan fingerprint density at radius 3 is 2.65 bits per heavy atom. The van der Waals surface area contributed by atoms with Gasteiger partial charge in [0.1, 0.15) is 0 Å². The maximum Gasteiger partial charge on any atom is 0.163 e. The molecule has 2 atom stereocenters. The second-order valence-corrected chi connectivity index (χ2v) is 6.15. The van der Waals surface area contributed by atoms with E-state index in [0.717, 1.165) is 24.1 Å². The molecule has 2 aliphatic carbocycles. The van der Waals surface area contributed by atoms with E-state index in [0.29, 0.717) is 17.6 Å². The highest BCUT2D eigenvalue weighted by molar-refractivity contribution is 5.98. The van der Waals surface area contributed by atoms with Crippen LogP contribution in [0.2, 0.25) is 0 Å². The van der Waals surface area contributed by atoms with Crippen LogP contribution in [0.1, 0.15) is 38.5 Å². The molecule has 1 aromatic rings. The fraction of sp³-hybridized carbons (Fsp3) is 0.500. The summed E-state index contributed by atoms with van der Waals surface area (Å²) >= 11 is 0. The number of fused-ring (bicyclic) bond motifs is 1. The molecular formula is C18H23NO. The van der Waals surface area contributed by atoms with Gasteiger partial charge in [0.2, 0.25) is 0 Å². The molecule has 0 saturated heterocycles. The van der Waals surface area contributed by atoms with Crippen molar-refractivity contribution >= 4 is 11.5 Å². The number of Topliss-reactive ketones (excluding diaryl/α,β-unsaturated/α-hetero) is 1. The molecular weight excluding hydrogens is 246 g/mol. The molecule has 2 saturated carbocycles. The van der Waals surface area contributed by atoms with Crippen LogP contribution in [0.25, 0.3) is 0 Å². The molecule has 0 aliphatic heterocycles. The standard InChI is InChI=1S/C18H23NO/c1-19(16-8-3-2-4-9-16)13-15-12-11-14-7-5-6-10-17(14)18(15)20/h2-4,8-9,13-14,17H,5-7,10-12H2,1H3/b15-13+. The number of hydrogen-bond acceptors (Lipinski definition) is 2. The molecule has 0 bridgehead atoms. The van der Waals surface area contributed by atoms with Crippen LogP contribution < -0.4 is 4.90 Å². The van der Waals surface area contributed by atoms with Gasteiger partial charge in [-0.3, -0.25) is 4.79 Å². The lowest BCUT2D eigenvalue weighted by Crippen LogP contribution is -2.33. The molecule has 0 aromatic heterocycles. The Hall–Kier alpha value is -1.57. The second-order valence-electron chi connectivity index (χ2n) is 6.15. The lowest BCUT2D eigenvalue weighted by molar-refractivity contribution is -0.123. The number of carbonyl (C=O) groups excluding carboxylic acids is 1. The van der Waals surface area contributed by atoms with Crippen LogP contribution in [0.5, 0.6) is 0 Å². The third-order valence-corrected chi connectivity index (χ3v) is 4.86. The Balaban J connectivity index is 1.76. The highest BCUT2D eigenvalue weighted by atomic mass is 16.1. The third-order valence-electron chi connectivity index (χ3n) is 4.86. The van der Waals surface area contributed by atoms with E-state index in [9.17, 15) is 4.79 Å². The molecule has 2 unspecified atom stereocenters. The number of hydrogen-bond donors (Lipinski definition) is 0. The van der Waals surface area contributed by atoms with Crippen LogP contribution in [0, 0.1) is 11.8 Å². The molecule has 0 spiro atoms. The molecule has 0 heterocycles. The predicted molar refractivity (Wildman–Crippen MR) is 82.6 cm³/mol. The number of rotatable bonds is 2. The molecule has 106 valence electrons. The second kappa shape index (κ2) is 5.82. The van der Waals surface area contributed by atoms with E-state index in [1.807, 2.05) is 25.2 Å². The van der Waals surface area contributed by atoms with Gasteiger partial charge in [0.25, 0.3) is 0 Å². The SMILES string of the molecule is CN(/C=C1\CCC2CCCCC2C1=O)c1ccccc1. The summed E-state index contributed by atoms with van der Waals surface area (Å²) in [7, 11) is 2.03. The van der Waals surface area contributed by atoms with Crippen LogP contribution in [0.15, 0.2) is 42.1 Å². The first-order chi connectivity index (χ1) is 9.75. The molecule has 0 N–H and O–H groups in total. The van der Waals surface area contributed by atoms with Crippen molar-refractivity contribution in [2.75, 3.05) is 11.9 Å². The van der Waals surface area contributed by atoms with E-state index >= 15 is 0 Å². The van der Waals surface area contributed by atoms with Crippen LogP contribution >= 0.6 is 0 Å². The molecule has 1 aromatic carbocycles. The average Bonchev–Trinajstić information content (AvgIpc) is 2.51. The van der Waals surface area contributed by atoms with Gasteiger partial charge in [-0.25, -0.2) is 0 Å². The summed E-state index contributed by atoms with van der Waals surface area (Å²) in [6.45, 7) is 0. The van der Waals surface area contributed by atoms with E-state index in [-0.39, 0.29) is 0 Å². The van der Waals surface area contributed by atoms with Crippen molar-refractivity contribution in [3.8, 4) is 0 Å². The maximum absolute atomic E-state index is 12.6. The van der Waals surface area contributed by atoms with Gasteiger partial charge in [0, 0.05) is 30.4 Å². The van der Waals surface area contributed by atoms with Crippen molar-refractivity contribution < 1.29 is 4.79 Å². The zero-order valence-electron chi connectivity index (χ0n) is 12.2. The number of nitrogens with zero attached hydrogens (tertiary/aromatic N) is 1. The molecule has 2 heteroatoms. The highest BCUT2D eigenvalue weighted by Crippen LogP contribution is 2.40. The zero-order chi connectivity index (χ0) is 13.9. The minimum absolute atomic E-state index is 0.313. The van der Waals surface area contributed by atoms with E-state index in [1.54, 1.807) is 0 Å². The topological polar surface area (TPSA) is 20.3 Å². The molecule has 0 radical (unpaired) electrons. The van der Waals surface area contributed by atoms with Crippen LogP contribution in [0.3, 0.4) is 0 Å². The van der Waals surface area contributed by atoms with Crippen molar-refractivity contribution in [3.05, 3.63) is 42.1 Å². The molecule has 2 fully saturated rings. The summed E-state index contributed by atoms with van der Waals surface area (Å²) < 4.78 is 0. The first kappa shape index (κ1) is 13.4. The molecule has 2 nitrogen and oxygen atoms in total. The minimum Gasteiger partial charge on any atom is -0.351 e. The summed E-state index contributed by atoms with van der Waals surface area (Å²) in [6.07, 6.45) is 9.13. The van der Waals surface area contributed by atoms with Gasteiger partial charge in [-0.2, -0.15) is 0 Å². The number of anilines is 1. The van der Waals surface area contributed by atoms with E-state index in [1.165, 1.54) is 25.7 Å². The van der Waals surface area contributed by atoms with Crippen molar-refractivity contribution in [3.63, 3.8) is 0 Å². The predicted octanol–water partition coefficient (Wildman–Crippen LogP) is 4.18. The van der Waals surface area contributed by atoms with Crippen molar-refractivity contribution in [2.45, 2.75) is 38.5 Å². The fourth-order valence-corrected chi connectivity index (χ4v) is 3.70. The van der Waals surface area contributed by atoms with Gasteiger partial charge in [0.05, 0.1) is 0 Å². The largest absolute Gasteiger partial charge is 0.351 e. The minimum atomic E-state index is 0.313. The van der Waals surface area contributed by atoms with Crippen LogP contribution in [-0.2, 0) is 4.79 Å². The van der Waals surface area contributed by atoms with Crippen molar-refractivity contribution in [1.82, 2.24) is 0 Å². The van der Waals surface area contributed by atoms with Gasteiger partial charge in [-0.05, 0) is 43.7 Å². The summed E-state index contributed by atoms with van der Waals surface area (Å²) in [5, 5.41) is 0. The van der Waals surface area contributed by atoms with E-state index in [4.69, 9.17) is 0 Å². The lowest BCUT2D eigenvalue weighted by atomic mass is 9.69.